The molecule has 9 aromatic carbocycles. The molecule has 3 heterocycles. The summed E-state index contributed by atoms with van der Waals surface area (Å²) >= 11 is 1.87. The van der Waals surface area contributed by atoms with Crippen molar-refractivity contribution >= 4 is 72.7 Å². The van der Waals surface area contributed by atoms with Crippen LogP contribution in [0.3, 0.4) is 0 Å². The highest BCUT2D eigenvalue weighted by atomic mass is 32.2. The van der Waals surface area contributed by atoms with Crippen molar-refractivity contribution < 1.29 is 8.83 Å². The van der Waals surface area contributed by atoms with Gasteiger partial charge in [0.15, 0.2) is 0 Å². The topological polar surface area (TPSA) is 29.5 Å². The van der Waals surface area contributed by atoms with Crippen LogP contribution in [0.2, 0.25) is 0 Å². The van der Waals surface area contributed by atoms with Gasteiger partial charge in [-0.1, -0.05) is 145 Å². The number of benzene rings is 9. The SMILES string of the molecule is c1ccc(-c2ccccc2N(c2ccc3c(c2)oc2ccccc23)c2cccc3oc4cc5c(cc4c23)-c2ccccc2C52c3ccccc3Sc3ccccc32)cc1. The minimum Gasteiger partial charge on any atom is -0.456 e. The number of hydrogen-bond acceptors (Lipinski definition) is 4. The van der Waals surface area contributed by atoms with Gasteiger partial charge < -0.3 is 13.7 Å². The maximum absolute atomic E-state index is 7.02. The van der Waals surface area contributed by atoms with E-state index >= 15 is 0 Å². The van der Waals surface area contributed by atoms with Gasteiger partial charge in [0.1, 0.15) is 22.3 Å². The molecule has 3 nitrogen and oxygen atoms in total. The van der Waals surface area contributed by atoms with Crippen LogP contribution in [0.5, 0.6) is 0 Å². The molecule has 4 heteroatoms. The lowest BCUT2D eigenvalue weighted by molar-refractivity contribution is 0.664. The molecule has 2 aromatic heterocycles. The van der Waals surface area contributed by atoms with E-state index in [0.29, 0.717) is 0 Å². The molecule has 13 rings (SSSR count). The lowest BCUT2D eigenvalue weighted by Gasteiger charge is -2.39. The largest absolute Gasteiger partial charge is 0.456 e. The van der Waals surface area contributed by atoms with Crippen molar-refractivity contribution in [2.45, 2.75) is 15.2 Å². The van der Waals surface area contributed by atoms with Gasteiger partial charge in [-0.15, -0.1) is 0 Å². The van der Waals surface area contributed by atoms with Gasteiger partial charge in [-0.3, -0.25) is 0 Å². The van der Waals surface area contributed by atoms with Crippen molar-refractivity contribution in [2.24, 2.45) is 0 Å². The van der Waals surface area contributed by atoms with Crippen LogP contribution in [-0.4, -0.2) is 0 Å². The minimum absolute atomic E-state index is 0.483. The molecule has 0 amide bonds. The second-order valence-corrected chi connectivity index (χ2v) is 16.6. The van der Waals surface area contributed by atoms with Gasteiger partial charge in [0.05, 0.1) is 22.2 Å². The number of fused-ring (bicyclic) bond motifs is 15. The monoisotopic (exact) mass is 771 g/mol. The maximum Gasteiger partial charge on any atom is 0.137 e. The molecule has 1 aliphatic heterocycles. The second-order valence-electron chi connectivity index (χ2n) is 15.5. The maximum atomic E-state index is 7.02. The summed E-state index contributed by atoms with van der Waals surface area (Å²) < 4.78 is 13.5. The van der Waals surface area contributed by atoms with Crippen LogP contribution in [0.15, 0.2) is 219 Å². The summed E-state index contributed by atoms with van der Waals surface area (Å²) in [4.78, 5) is 4.96. The van der Waals surface area contributed by atoms with Gasteiger partial charge in [0, 0.05) is 43.3 Å². The van der Waals surface area contributed by atoms with E-state index in [1.807, 2.05) is 23.9 Å². The fourth-order valence-electron chi connectivity index (χ4n) is 10.1. The zero-order valence-corrected chi connectivity index (χ0v) is 32.5. The smallest absolute Gasteiger partial charge is 0.137 e. The molecule has 0 saturated carbocycles. The van der Waals surface area contributed by atoms with E-state index in [2.05, 4.69) is 193 Å². The summed E-state index contributed by atoms with van der Waals surface area (Å²) in [6, 6.07) is 72.3. The van der Waals surface area contributed by atoms with Gasteiger partial charge in [0.25, 0.3) is 0 Å². The van der Waals surface area contributed by atoms with Crippen LogP contribution in [0, 0.1) is 0 Å². The molecule has 59 heavy (non-hydrogen) atoms. The molecule has 0 bridgehead atoms. The first-order chi connectivity index (χ1) is 29.3. The quantitative estimate of drug-likeness (QED) is 0.178. The van der Waals surface area contributed by atoms with E-state index in [4.69, 9.17) is 8.83 Å². The zero-order chi connectivity index (χ0) is 38.7. The molecular weight excluding hydrogens is 739 g/mol. The van der Waals surface area contributed by atoms with Gasteiger partial charge in [-0.2, -0.15) is 0 Å². The summed E-state index contributed by atoms with van der Waals surface area (Å²) in [5.41, 5.74) is 16.0. The number of para-hydroxylation sites is 2. The van der Waals surface area contributed by atoms with Crippen LogP contribution < -0.4 is 4.90 Å². The molecule has 0 fully saturated rings. The summed E-state index contributed by atoms with van der Waals surface area (Å²) in [5.74, 6) is 0. The van der Waals surface area contributed by atoms with Crippen molar-refractivity contribution in [3.63, 3.8) is 0 Å². The normalized spacial score (nSPS) is 13.5. The van der Waals surface area contributed by atoms with Crippen molar-refractivity contribution in [3.8, 4) is 22.3 Å². The van der Waals surface area contributed by atoms with Crippen LogP contribution >= 0.6 is 11.8 Å². The van der Waals surface area contributed by atoms with E-state index in [9.17, 15) is 0 Å². The van der Waals surface area contributed by atoms with Crippen LogP contribution in [0.25, 0.3) is 66.1 Å². The number of furan rings is 2. The first kappa shape index (κ1) is 32.8. The van der Waals surface area contributed by atoms with Crippen molar-refractivity contribution in [3.05, 3.63) is 222 Å². The summed E-state index contributed by atoms with van der Waals surface area (Å²) in [6.07, 6.45) is 0. The molecule has 0 N–H and O–H groups in total. The molecule has 11 aromatic rings. The molecule has 0 unspecified atom stereocenters. The number of nitrogens with zero attached hydrogens (tertiary/aromatic N) is 1. The van der Waals surface area contributed by atoms with Gasteiger partial charge in [-0.05, 0) is 99.6 Å². The Kier molecular flexibility index (Phi) is 6.87. The average molecular weight is 772 g/mol. The van der Waals surface area contributed by atoms with Crippen LogP contribution in [0.1, 0.15) is 22.3 Å². The van der Waals surface area contributed by atoms with Crippen molar-refractivity contribution in [1.29, 1.82) is 0 Å². The summed E-state index contributed by atoms with van der Waals surface area (Å²) in [6.45, 7) is 0. The Morgan fingerprint density at radius 1 is 0.373 bits per heavy atom. The molecule has 2 aliphatic rings. The predicted molar refractivity (Wildman–Crippen MR) is 243 cm³/mol. The minimum atomic E-state index is -0.483. The zero-order valence-electron chi connectivity index (χ0n) is 31.7. The molecule has 276 valence electrons. The summed E-state index contributed by atoms with van der Waals surface area (Å²) in [7, 11) is 0. The van der Waals surface area contributed by atoms with E-state index in [-0.39, 0.29) is 0 Å². The molecule has 1 spiro atoms. The number of anilines is 3. The fourth-order valence-corrected chi connectivity index (χ4v) is 11.3. The Morgan fingerprint density at radius 2 is 0.983 bits per heavy atom. The van der Waals surface area contributed by atoms with Gasteiger partial charge in [-0.25, -0.2) is 0 Å². The van der Waals surface area contributed by atoms with Gasteiger partial charge in [0.2, 0.25) is 0 Å². The Labute approximate surface area is 344 Å². The Balaban J connectivity index is 1.11. The highest BCUT2D eigenvalue weighted by Crippen LogP contribution is 2.63. The third-order valence-corrected chi connectivity index (χ3v) is 13.7. The third kappa shape index (κ3) is 4.55. The first-order valence-corrected chi connectivity index (χ1v) is 20.9. The highest BCUT2D eigenvalue weighted by molar-refractivity contribution is 7.99. The average Bonchev–Trinajstić information content (AvgIpc) is 3.94. The van der Waals surface area contributed by atoms with E-state index in [0.717, 1.165) is 72.1 Å². The Bertz CT molecular complexity index is 3460. The van der Waals surface area contributed by atoms with Crippen molar-refractivity contribution in [2.75, 3.05) is 4.90 Å². The Morgan fingerprint density at radius 3 is 1.81 bits per heavy atom. The Hall–Kier alpha value is -7.27. The standard InChI is InChI=1S/C55H33NO2S/c1-2-15-34(16-3-1)36-17-5-10-23-46(36)56(35-29-30-39-38-19-6-11-25-48(38)57-50(39)31-35)47-24-14-26-49-54(47)41-32-40-37-18-4-7-20-42(37)55(45(40)33-51(41)58-49)43-21-8-12-27-52(43)59-53-28-13-9-22-44(53)55/h1-33H. The molecular formula is C55H33NO2S. The molecule has 0 saturated heterocycles. The lowest BCUT2D eigenvalue weighted by atomic mass is 9.67. The number of rotatable bonds is 4. The molecule has 1 aliphatic carbocycles. The second kappa shape index (κ2) is 12.4. The van der Waals surface area contributed by atoms with Crippen LogP contribution in [0.4, 0.5) is 17.1 Å². The predicted octanol–water partition coefficient (Wildman–Crippen LogP) is 15.4. The lowest BCUT2D eigenvalue weighted by Crippen LogP contribution is -2.31. The first-order valence-electron chi connectivity index (χ1n) is 20.1. The van der Waals surface area contributed by atoms with Gasteiger partial charge >= 0.3 is 0 Å². The van der Waals surface area contributed by atoms with Crippen molar-refractivity contribution in [1.82, 2.24) is 0 Å². The third-order valence-electron chi connectivity index (χ3n) is 12.5. The molecule has 0 atom stereocenters. The van der Waals surface area contributed by atoms with E-state index in [1.165, 1.54) is 43.2 Å². The van der Waals surface area contributed by atoms with E-state index < -0.39 is 5.41 Å². The fraction of sp³-hybridized carbons (Fsp3) is 0.0182. The summed E-state index contributed by atoms with van der Waals surface area (Å²) in [5, 5.41) is 4.36. The number of hydrogen-bond donors (Lipinski definition) is 0. The van der Waals surface area contributed by atoms with Crippen LogP contribution in [-0.2, 0) is 5.41 Å². The van der Waals surface area contributed by atoms with E-state index in [1.54, 1.807) is 0 Å². The highest BCUT2D eigenvalue weighted by Gasteiger charge is 2.50. The molecule has 0 radical (unpaired) electrons.